The number of carboxylic acids is 1. The first-order chi connectivity index (χ1) is 7.59. The van der Waals surface area contributed by atoms with Crippen LogP contribution in [-0.2, 0) is 13.6 Å². The predicted octanol–water partition coefficient (Wildman–Crippen LogP) is -0.538. The van der Waals surface area contributed by atoms with Gasteiger partial charge in [0.2, 0.25) is 0 Å². The van der Waals surface area contributed by atoms with Crippen molar-refractivity contribution in [2.24, 2.45) is 7.05 Å². The maximum Gasteiger partial charge on any atom is 0.358 e. The molecule has 2 aromatic heterocycles. The Bertz CT molecular complexity index is 528. The molecule has 0 fully saturated rings. The van der Waals surface area contributed by atoms with Crippen molar-refractivity contribution in [1.29, 1.82) is 0 Å². The summed E-state index contributed by atoms with van der Waals surface area (Å²) in [7, 11) is 1.81. The summed E-state index contributed by atoms with van der Waals surface area (Å²) in [5, 5.41) is 23.8. The van der Waals surface area contributed by atoms with Gasteiger partial charge < -0.3 is 9.67 Å². The number of hydrogen-bond acceptors (Lipinski definition) is 5. The van der Waals surface area contributed by atoms with E-state index in [-0.39, 0.29) is 5.69 Å². The van der Waals surface area contributed by atoms with Gasteiger partial charge >= 0.3 is 5.97 Å². The van der Waals surface area contributed by atoms with E-state index >= 15 is 0 Å². The van der Waals surface area contributed by atoms with Crippen molar-refractivity contribution >= 4 is 5.97 Å². The molecule has 8 heteroatoms. The molecule has 0 bridgehead atoms. The van der Waals surface area contributed by atoms with Crippen LogP contribution in [0.15, 0.2) is 6.33 Å². The second kappa shape index (κ2) is 3.72. The van der Waals surface area contributed by atoms with Crippen molar-refractivity contribution in [2.45, 2.75) is 13.5 Å². The number of carboxylic acid groups (broad SMARTS) is 1. The summed E-state index contributed by atoms with van der Waals surface area (Å²) in [4.78, 5) is 10.8. The van der Waals surface area contributed by atoms with Gasteiger partial charge in [0, 0.05) is 7.05 Å². The summed E-state index contributed by atoms with van der Waals surface area (Å²) in [5.74, 6) is -0.397. The Kier molecular flexibility index (Phi) is 2.39. The summed E-state index contributed by atoms with van der Waals surface area (Å²) in [5.41, 5.74) is 0.456. The van der Waals surface area contributed by atoms with Crippen molar-refractivity contribution in [3.63, 3.8) is 0 Å². The van der Waals surface area contributed by atoms with Crippen LogP contribution in [0.25, 0.3) is 0 Å². The molecule has 0 aliphatic rings. The molecule has 8 nitrogen and oxygen atoms in total. The molecule has 0 spiro atoms. The Labute approximate surface area is 90.5 Å². The minimum Gasteiger partial charge on any atom is -0.476 e. The lowest BCUT2D eigenvalue weighted by Crippen LogP contribution is -2.09. The molecule has 0 amide bonds. The molecule has 0 unspecified atom stereocenters. The van der Waals surface area contributed by atoms with Gasteiger partial charge in [0.15, 0.2) is 11.5 Å². The zero-order chi connectivity index (χ0) is 11.7. The van der Waals surface area contributed by atoms with Crippen LogP contribution in [0.2, 0.25) is 0 Å². The van der Waals surface area contributed by atoms with E-state index in [4.69, 9.17) is 5.11 Å². The first kappa shape index (κ1) is 10.3. The molecule has 0 radical (unpaired) electrons. The number of rotatable bonds is 3. The molecule has 84 valence electrons. The minimum absolute atomic E-state index is 0.0397. The largest absolute Gasteiger partial charge is 0.476 e. The third-order valence-corrected chi connectivity index (χ3v) is 2.28. The highest BCUT2D eigenvalue weighted by molar-refractivity contribution is 5.86. The molecule has 0 aliphatic carbocycles. The molecular formula is C8H10N6O2. The zero-order valence-corrected chi connectivity index (χ0v) is 8.82. The van der Waals surface area contributed by atoms with Crippen molar-refractivity contribution in [3.05, 3.63) is 23.5 Å². The van der Waals surface area contributed by atoms with Crippen LogP contribution in [0.4, 0.5) is 0 Å². The fourth-order valence-corrected chi connectivity index (χ4v) is 1.29. The van der Waals surface area contributed by atoms with Crippen LogP contribution in [0.1, 0.15) is 22.0 Å². The van der Waals surface area contributed by atoms with E-state index in [9.17, 15) is 4.79 Å². The average Bonchev–Trinajstić information content (AvgIpc) is 2.76. The quantitative estimate of drug-likeness (QED) is 0.748. The van der Waals surface area contributed by atoms with Gasteiger partial charge in [-0.3, -0.25) is 0 Å². The van der Waals surface area contributed by atoms with Crippen LogP contribution < -0.4 is 0 Å². The maximum absolute atomic E-state index is 10.8. The summed E-state index contributed by atoms with van der Waals surface area (Å²) < 4.78 is 3.22. The molecule has 0 atom stereocenters. The van der Waals surface area contributed by atoms with Gasteiger partial charge in [0.25, 0.3) is 0 Å². The normalized spacial score (nSPS) is 10.6. The van der Waals surface area contributed by atoms with Crippen LogP contribution in [-0.4, -0.2) is 40.8 Å². The maximum atomic E-state index is 10.8. The minimum atomic E-state index is -1.08. The van der Waals surface area contributed by atoms with Crippen molar-refractivity contribution < 1.29 is 9.90 Å². The summed E-state index contributed by atoms with van der Waals surface area (Å²) in [6, 6.07) is 0. The van der Waals surface area contributed by atoms with E-state index in [2.05, 4.69) is 20.5 Å². The van der Waals surface area contributed by atoms with Crippen LogP contribution in [0.3, 0.4) is 0 Å². The number of aromatic carboxylic acids is 1. The topological polar surface area (TPSA) is 98.7 Å². The molecule has 16 heavy (non-hydrogen) atoms. The molecule has 2 rings (SSSR count). The van der Waals surface area contributed by atoms with Gasteiger partial charge in [-0.15, -0.1) is 15.3 Å². The first-order valence-electron chi connectivity index (χ1n) is 4.56. The number of nitrogens with zero attached hydrogens (tertiary/aromatic N) is 6. The monoisotopic (exact) mass is 222 g/mol. The van der Waals surface area contributed by atoms with E-state index < -0.39 is 5.97 Å². The second-order valence-corrected chi connectivity index (χ2v) is 3.34. The van der Waals surface area contributed by atoms with E-state index in [0.717, 1.165) is 0 Å². The van der Waals surface area contributed by atoms with Gasteiger partial charge in [-0.25, -0.2) is 9.48 Å². The lowest BCUT2D eigenvalue weighted by atomic mass is 10.3. The second-order valence-electron chi connectivity index (χ2n) is 3.34. The van der Waals surface area contributed by atoms with E-state index in [1.807, 2.05) is 0 Å². The standard InChI is InChI=1S/C8H10N6O2/c1-5-7(8(15)16)11-12-14(5)3-6-10-9-4-13(6)2/h4H,3H2,1-2H3,(H,15,16). The molecule has 0 aliphatic heterocycles. The van der Waals surface area contributed by atoms with Gasteiger partial charge in [0.1, 0.15) is 12.9 Å². The Morgan fingerprint density at radius 2 is 2.25 bits per heavy atom. The lowest BCUT2D eigenvalue weighted by molar-refractivity contribution is 0.0689. The molecule has 0 saturated heterocycles. The third-order valence-electron chi connectivity index (χ3n) is 2.28. The summed E-state index contributed by atoms with van der Waals surface area (Å²) in [6.45, 7) is 2.00. The molecule has 0 saturated carbocycles. The highest BCUT2D eigenvalue weighted by Gasteiger charge is 2.16. The van der Waals surface area contributed by atoms with Crippen LogP contribution in [0.5, 0.6) is 0 Å². The number of aromatic nitrogens is 6. The SMILES string of the molecule is Cc1c(C(=O)O)nnn1Cc1nncn1C. The zero-order valence-electron chi connectivity index (χ0n) is 8.82. The Hall–Kier alpha value is -2.25. The highest BCUT2D eigenvalue weighted by atomic mass is 16.4. The summed E-state index contributed by atoms with van der Waals surface area (Å²) in [6.07, 6.45) is 1.57. The molecular weight excluding hydrogens is 212 g/mol. The smallest absolute Gasteiger partial charge is 0.358 e. The van der Waals surface area contributed by atoms with Crippen LogP contribution in [0, 0.1) is 6.92 Å². The Morgan fingerprint density at radius 3 is 2.75 bits per heavy atom. The van der Waals surface area contributed by atoms with Crippen molar-refractivity contribution in [2.75, 3.05) is 0 Å². The Morgan fingerprint density at radius 1 is 1.50 bits per heavy atom. The molecule has 2 heterocycles. The lowest BCUT2D eigenvalue weighted by Gasteiger charge is -2.01. The van der Waals surface area contributed by atoms with Gasteiger partial charge in [-0.1, -0.05) is 5.21 Å². The Balaban J connectivity index is 2.29. The van der Waals surface area contributed by atoms with Gasteiger partial charge in [-0.2, -0.15) is 0 Å². The third kappa shape index (κ3) is 1.64. The van der Waals surface area contributed by atoms with E-state index in [1.165, 1.54) is 4.68 Å². The summed E-state index contributed by atoms with van der Waals surface area (Å²) >= 11 is 0. The predicted molar refractivity (Wildman–Crippen MR) is 51.8 cm³/mol. The van der Waals surface area contributed by atoms with Crippen molar-refractivity contribution in [1.82, 2.24) is 29.8 Å². The first-order valence-corrected chi connectivity index (χ1v) is 4.56. The molecule has 1 N–H and O–H groups in total. The van der Waals surface area contributed by atoms with Crippen LogP contribution >= 0.6 is 0 Å². The van der Waals surface area contributed by atoms with Gasteiger partial charge in [0.05, 0.1) is 5.69 Å². The molecule has 2 aromatic rings. The average molecular weight is 222 g/mol. The van der Waals surface area contributed by atoms with Gasteiger partial charge in [-0.05, 0) is 6.92 Å². The number of aryl methyl sites for hydroxylation is 1. The van der Waals surface area contributed by atoms with Crippen molar-refractivity contribution in [3.8, 4) is 0 Å². The number of hydrogen-bond donors (Lipinski definition) is 1. The van der Waals surface area contributed by atoms with E-state index in [1.54, 1.807) is 24.9 Å². The number of carbonyl (C=O) groups is 1. The fourth-order valence-electron chi connectivity index (χ4n) is 1.29. The molecule has 0 aromatic carbocycles. The van der Waals surface area contributed by atoms with E-state index in [0.29, 0.717) is 18.1 Å². The highest BCUT2D eigenvalue weighted by Crippen LogP contribution is 2.05. The fraction of sp³-hybridized carbons (Fsp3) is 0.375.